The fourth-order valence-corrected chi connectivity index (χ4v) is 14.8. The van der Waals surface area contributed by atoms with E-state index in [-0.39, 0.29) is 27.7 Å². The van der Waals surface area contributed by atoms with Gasteiger partial charge in [0.1, 0.15) is 41.9 Å². The largest absolute Gasteiger partial charge is 0.266 e. The van der Waals surface area contributed by atoms with E-state index in [9.17, 15) is 0 Å². The summed E-state index contributed by atoms with van der Waals surface area (Å²) in [5.74, 6) is 0. The molecule has 1 aliphatic rings. The fraction of sp³-hybridized carbons (Fsp3) is 1.00. The second-order valence-corrected chi connectivity index (χ2v) is 22.5. The number of nitrogens with one attached hydrogen (secondary N) is 10. The van der Waals surface area contributed by atoms with Crippen molar-refractivity contribution >= 4 is 41.9 Å². The summed E-state index contributed by atoms with van der Waals surface area (Å²) in [6.45, 7) is 33.1. The van der Waals surface area contributed by atoms with Crippen LogP contribution >= 0.6 is 41.9 Å². The Morgan fingerprint density at radius 3 is 0.486 bits per heavy atom. The molecule has 0 aromatic rings. The highest BCUT2D eigenvalue weighted by atomic mass is 31.3. The minimum Gasteiger partial charge on any atom is -0.266 e. The first-order valence-corrected chi connectivity index (χ1v) is 18.8. The zero-order chi connectivity index (χ0) is 27.5. The first-order valence-electron chi connectivity index (χ1n) is 12.1. The summed E-state index contributed by atoms with van der Waals surface area (Å²) >= 11 is 0. The van der Waals surface area contributed by atoms with Gasteiger partial charge in [-0.05, 0) is 104 Å². The van der Waals surface area contributed by atoms with Crippen molar-refractivity contribution in [2.45, 2.75) is 132 Å². The van der Waals surface area contributed by atoms with Crippen molar-refractivity contribution in [3.05, 3.63) is 0 Å². The highest BCUT2D eigenvalue weighted by Crippen LogP contribution is 2.52. The van der Waals surface area contributed by atoms with Crippen LogP contribution in [-0.2, 0) is 0 Å². The second-order valence-electron chi connectivity index (χ2n) is 14.0. The third-order valence-electron chi connectivity index (χ3n) is 3.24. The lowest BCUT2D eigenvalue weighted by molar-refractivity contribution is 0.518. The molecule has 0 saturated carbocycles. The van der Waals surface area contributed by atoms with Gasteiger partial charge in [0.2, 0.25) is 0 Å². The smallest absolute Gasteiger partial charge is 0.123 e. The van der Waals surface area contributed by atoms with Gasteiger partial charge in [-0.25, -0.2) is 24.3 Å². The third-order valence-corrected chi connectivity index (χ3v) is 15.7. The Balaban J connectivity index is 3.46. The topological polar surface area (TPSA) is 120 Å². The van der Waals surface area contributed by atoms with Gasteiger partial charge in [-0.2, -0.15) is 0 Å². The zero-order valence-corrected chi connectivity index (χ0v) is 29.2. The van der Waals surface area contributed by atoms with Crippen molar-refractivity contribution in [2.75, 3.05) is 0 Å². The van der Waals surface area contributed by atoms with E-state index in [1.54, 1.807) is 0 Å². The highest BCUT2D eigenvalue weighted by Gasteiger charge is 2.34. The lowest BCUT2D eigenvalue weighted by Gasteiger charge is -2.43. The van der Waals surface area contributed by atoms with Crippen LogP contribution in [0.15, 0.2) is 0 Å². The van der Waals surface area contributed by atoms with Gasteiger partial charge in [0, 0.05) is 27.7 Å². The molecule has 1 fully saturated rings. The molecular formula is C20H55N10P5. The van der Waals surface area contributed by atoms with Crippen LogP contribution < -0.4 is 49.7 Å². The summed E-state index contributed by atoms with van der Waals surface area (Å²) in [6.07, 6.45) is 0. The molecule has 1 aliphatic heterocycles. The number of hydrogen-bond donors (Lipinski definition) is 10. The summed E-state index contributed by atoms with van der Waals surface area (Å²) < 4.78 is 0. The molecule has 0 aromatic heterocycles. The lowest BCUT2D eigenvalue weighted by Crippen LogP contribution is -2.49. The molecule has 10 N–H and O–H groups in total. The molecule has 1 rings (SSSR count). The normalized spacial score (nSPS) is 28.7. The van der Waals surface area contributed by atoms with Crippen LogP contribution in [0.5, 0.6) is 0 Å². The molecule has 210 valence electrons. The van der Waals surface area contributed by atoms with E-state index in [4.69, 9.17) is 0 Å². The van der Waals surface area contributed by atoms with Gasteiger partial charge < -0.3 is 0 Å². The number of hydrogen-bond acceptors (Lipinski definition) is 10. The summed E-state index contributed by atoms with van der Waals surface area (Å²) in [5.41, 5.74) is -0.266. The van der Waals surface area contributed by atoms with Crippen LogP contribution in [0.25, 0.3) is 0 Å². The average molecular weight is 591 g/mol. The summed E-state index contributed by atoms with van der Waals surface area (Å²) in [5, 5.41) is 19.0. The van der Waals surface area contributed by atoms with Crippen molar-refractivity contribution < 1.29 is 0 Å². The maximum absolute atomic E-state index is 3.88. The molecular weight excluding hydrogens is 535 g/mol. The molecule has 1 heterocycles. The first kappa shape index (κ1) is 34.8. The fourth-order valence-electron chi connectivity index (χ4n) is 2.54. The van der Waals surface area contributed by atoms with Crippen LogP contribution in [0.3, 0.4) is 0 Å². The van der Waals surface area contributed by atoms with Gasteiger partial charge in [0.05, 0.1) is 0 Å². The first-order chi connectivity index (χ1) is 15.4. The van der Waals surface area contributed by atoms with Gasteiger partial charge in [0.25, 0.3) is 0 Å². The Kier molecular flexibility index (Phi) is 13.3. The van der Waals surface area contributed by atoms with E-state index in [1.165, 1.54) is 0 Å². The standard InChI is InChI=1S/C20H55N10P5/c1-16(2,3)21-31-26-32(22-17(4,5)6)28-34(24-19(10,11)12)30-35(25-20(13,14)15)29-33(27-31)23-18(7,8)9/h21-30H,1-15H3. The maximum atomic E-state index is 3.88. The van der Waals surface area contributed by atoms with E-state index in [1.807, 2.05) is 0 Å². The average Bonchev–Trinajstić information content (AvgIpc) is 2.44. The summed E-state index contributed by atoms with van der Waals surface area (Å²) in [6, 6.07) is 0. The van der Waals surface area contributed by atoms with E-state index in [2.05, 4.69) is 154 Å². The highest BCUT2D eigenvalue weighted by molar-refractivity contribution is 7.82. The van der Waals surface area contributed by atoms with Crippen molar-refractivity contribution in [1.82, 2.24) is 49.7 Å². The predicted molar refractivity (Wildman–Crippen MR) is 165 cm³/mol. The zero-order valence-electron chi connectivity index (χ0n) is 24.7. The summed E-state index contributed by atoms with van der Waals surface area (Å²) in [4.78, 5) is 19.4. The molecule has 0 radical (unpaired) electrons. The minimum atomic E-state index is -0.926. The molecule has 15 heteroatoms. The molecule has 0 atom stereocenters. The van der Waals surface area contributed by atoms with E-state index in [0.29, 0.717) is 0 Å². The van der Waals surface area contributed by atoms with Crippen molar-refractivity contribution in [1.29, 1.82) is 0 Å². The van der Waals surface area contributed by atoms with Crippen molar-refractivity contribution in [3.8, 4) is 0 Å². The predicted octanol–water partition coefficient (Wildman–Crippen LogP) is 6.02. The van der Waals surface area contributed by atoms with E-state index >= 15 is 0 Å². The molecule has 1 saturated heterocycles. The van der Waals surface area contributed by atoms with Crippen LogP contribution in [0, 0.1) is 0 Å². The quantitative estimate of drug-likeness (QED) is 0.174. The number of rotatable bonds is 5. The SMILES string of the molecule is CC(C)(C)NP1NP(NC(C)(C)C)NP(NC(C)(C)C)NP(NC(C)(C)C)NP(NC(C)(C)C)N1. The van der Waals surface area contributed by atoms with Crippen LogP contribution in [0.4, 0.5) is 0 Å². The molecule has 0 bridgehead atoms. The van der Waals surface area contributed by atoms with Gasteiger partial charge >= 0.3 is 0 Å². The van der Waals surface area contributed by atoms with E-state index in [0.717, 1.165) is 0 Å². The van der Waals surface area contributed by atoms with Crippen molar-refractivity contribution in [3.63, 3.8) is 0 Å². The molecule has 35 heavy (non-hydrogen) atoms. The van der Waals surface area contributed by atoms with Gasteiger partial charge in [-0.3, -0.25) is 25.4 Å². The summed E-state index contributed by atoms with van der Waals surface area (Å²) in [7, 11) is -4.63. The molecule has 0 spiro atoms. The van der Waals surface area contributed by atoms with Crippen molar-refractivity contribution in [2.24, 2.45) is 0 Å². The van der Waals surface area contributed by atoms with Gasteiger partial charge in [0.15, 0.2) is 0 Å². The molecule has 0 aromatic carbocycles. The lowest BCUT2D eigenvalue weighted by atomic mass is 10.1. The Morgan fingerprint density at radius 2 is 0.400 bits per heavy atom. The Morgan fingerprint density at radius 1 is 0.286 bits per heavy atom. The Bertz CT molecular complexity index is 499. The van der Waals surface area contributed by atoms with Crippen LogP contribution in [-0.4, -0.2) is 27.7 Å². The van der Waals surface area contributed by atoms with Gasteiger partial charge in [-0.15, -0.1) is 0 Å². The van der Waals surface area contributed by atoms with E-state index < -0.39 is 41.9 Å². The van der Waals surface area contributed by atoms with Crippen LogP contribution in [0.1, 0.15) is 104 Å². The molecule has 0 aliphatic carbocycles. The third kappa shape index (κ3) is 18.6. The Labute approximate surface area is 223 Å². The molecule has 10 nitrogen and oxygen atoms in total. The Hall–Kier alpha value is 1.75. The van der Waals surface area contributed by atoms with Gasteiger partial charge in [-0.1, -0.05) is 0 Å². The minimum absolute atomic E-state index is 0.0532. The monoisotopic (exact) mass is 590 g/mol. The second kappa shape index (κ2) is 13.4. The maximum Gasteiger partial charge on any atom is 0.123 e. The molecule has 0 unspecified atom stereocenters. The molecule has 0 amide bonds. The van der Waals surface area contributed by atoms with Crippen LogP contribution in [0.2, 0.25) is 0 Å².